The summed E-state index contributed by atoms with van der Waals surface area (Å²) in [6, 6.07) is 10.4. The highest BCUT2D eigenvalue weighted by Crippen LogP contribution is 2.36. The quantitative estimate of drug-likeness (QED) is 0.936. The highest BCUT2D eigenvalue weighted by molar-refractivity contribution is 5.15. The highest BCUT2D eigenvalue weighted by Gasteiger charge is 2.37. The third-order valence-corrected chi connectivity index (χ3v) is 4.41. The Bertz CT molecular complexity index is 581. The monoisotopic (exact) mass is 285 g/mol. The lowest BCUT2D eigenvalue weighted by molar-refractivity contribution is 0.183. The first-order valence-corrected chi connectivity index (χ1v) is 7.81. The Morgan fingerprint density at radius 2 is 2.10 bits per heavy atom. The van der Waals surface area contributed by atoms with Crippen LogP contribution in [0.25, 0.3) is 0 Å². The molecule has 0 radical (unpaired) electrons. The predicted molar refractivity (Wildman–Crippen MR) is 81.6 cm³/mol. The van der Waals surface area contributed by atoms with Gasteiger partial charge in [0.05, 0.1) is 5.54 Å². The van der Waals surface area contributed by atoms with Crippen LogP contribution in [0.3, 0.4) is 0 Å². The van der Waals surface area contributed by atoms with Crippen molar-refractivity contribution in [3.63, 3.8) is 0 Å². The molecule has 2 atom stereocenters. The van der Waals surface area contributed by atoms with Crippen molar-refractivity contribution in [1.82, 2.24) is 10.1 Å². The van der Waals surface area contributed by atoms with E-state index in [1.165, 1.54) is 12.0 Å². The van der Waals surface area contributed by atoms with Gasteiger partial charge in [-0.2, -0.15) is 4.98 Å². The molecule has 112 valence electrons. The van der Waals surface area contributed by atoms with Crippen molar-refractivity contribution in [3.05, 3.63) is 47.6 Å². The van der Waals surface area contributed by atoms with Crippen molar-refractivity contribution in [1.29, 1.82) is 0 Å². The van der Waals surface area contributed by atoms with Crippen LogP contribution in [0.2, 0.25) is 0 Å². The van der Waals surface area contributed by atoms with E-state index in [0.717, 1.165) is 37.9 Å². The Kier molecular flexibility index (Phi) is 4.06. The molecule has 0 amide bonds. The lowest BCUT2D eigenvalue weighted by atomic mass is 9.77. The molecule has 21 heavy (non-hydrogen) atoms. The fourth-order valence-electron chi connectivity index (χ4n) is 3.24. The van der Waals surface area contributed by atoms with Gasteiger partial charge in [-0.15, -0.1) is 0 Å². The summed E-state index contributed by atoms with van der Waals surface area (Å²) in [6.07, 6.45) is 5.98. The van der Waals surface area contributed by atoms with Crippen LogP contribution in [0.5, 0.6) is 0 Å². The SMILES string of the molecule is CC1CCCC(N)(c2nc(CCc3ccccc3)no2)C1. The van der Waals surface area contributed by atoms with E-state index in [9.17, 15) is 0 Å². The van der Waals surface area contributed by atoms with E-state index < -0.39 is 5.54 Å². The average Bonchev–Trinajstić information content (AvgIpc) is 2.96. The fraction of sp³-hybridized carbons (Fsp3) is 0.529. The molecule has 0 spiro atoms. The van der Waals surface area contributed by atoms with Crippen molar-refractivity contribution in [2.24, 2.45) is 11.7 Å². The lowest BCUT2D eigenvalue weighted by Gasteiger charge is -2.33. The third-order valence-electron chi connectivity index (χ3n) is 4.41. The van der Waals surface area contributed by atoms with Crippen LogP contribution in [0, 0.1) is 5.92 Å². The number of nitrogens with two attached hydrogens (primary N) is 1. The van der Waals surface area contributed by atoms with Crippen LogP contribution in [-0.2, 0) is 18.4 Å². The second-order valence-corrected chi connectivity index (χ2v) is 6.36. The van der Waals surface area contributed by atoms with Gasteiger partial charge in [0.15, 0.2) is 5.82 Å². The van der Waals surface area contributed by atoms with E-state index in [-0.39, 0.29) is 0 Å². The van der Waals surface area contributed by atoms with Crippen LogP contribution < -0.4 is 5.73 Å². The van der Waals surface area contributed by atoms with E-state index in [2.05, 4.69) is 41.3 Å². The van der Waals surface area contributed by atoms with Crippen LogP contribution >= 0.6 is 0 Å². The predicted octanol–water partition coefficient (Wildman–Crippen LogP) is 3.22. The zero-order valence-electron chi connectivity index (χ0n) is 12.6. The van der Waals surface area contributed by atoms with Gasteiger partial charge in [-0.25, -0.2) is 0 Å². The molecule has 1 heterocycles. The number of aromatic nitrogens is 2. The lowest BCUT2D eigenvalue weighted by Crippen LogP contribution is -2.41. The standard InChI is InChI=1S/C17H23N3O/c1-13-6-5-11-17(18,12-13)16-19-15(20-21-16)10-9-14-7-3-2-4-8-14/h2-4,7-8,13H,5-6,9-12,18H2,1H3. The smallest absolute Gasteiger partial charge is 0.246 e. The first kappa shape index (κ1) is 14.3. The molecular weight excluding hydrogens is 262 g/mol. The maximum atomic E-state index is 6.50. The highest BCUT2D eigenvalue weighted by atomic mass is 16.5. The normalized spacial score (nSPS) is 25.9. The largest absolute Gasteiger partial charge is 0.337 e. The van der Waals surface area contributed by atoms with E-state index in [1.807, 2.05) is 6.07 Å². The average molecular weight is 285 g/mol. The summed E-state index contributed by atoms with van der Waals surface area (Å²) in [4.78, 5) is 4.55. The summed E-state index contributed by atoms with van der Waals surface area (Å²) in [5.41, 5.74) is 7.36. The van der Waals surface area contributed by atoms with E-state index in [1.54, 1.807) is 0 Å². The number of rotatable bonds is 4. The van der Waals surface area contributed by atoms with E-state index >= 15 is 0 Å². The van der Waals surface area contributed by atoms with Crippen LogP contribution in [-0.4, -0.2) is 10.1 Å². The van der Waals surface area contributed by atoms with Crippen LogP contribution in [0.15, 0.2) is 34.9 Å². The fourth-order valence-corrected chi connectivity index (χ4v) is 3.24. The van der Waals surface area contributed by atoms with Gasteiger partial charge in [-0.1, -0.05) is 55.3 Å². The molecule has 0 bridgehead atoms. The summed E-state index contributed by atoms with van der Waals surface area (Å²) in [5, 5.41) is 4.11. The Morgan fingerprint density at radius 3 is 2.86 bits per heavy atom. The van der Waals surface area contributed by atoms with Crippen molar-refractivity contribution in [2.45, 2.75) is 51.0 Å². The van der Waals surface area contributed by atoms with Gasteiger partial charge in [0.25, 0.3) is 0 Å². The second-order valence-electron chi connectivity index (χ2n) is 6.36. The summed E-state index contributed by atoms with van der Waals surface area (Å²) in [7, 11) is 0. The van der Waals surface area contributed by atoms with Gasteiger partial charge in [-0.3, -0.25) is 0 Å². The molecule has 2 aromatic rings. The minimum Gasteiger partial charge on any atom is -0.337 e. The Hall–Kier alpha value is -1.68. The summed E-state index contributed by atoms with van der Waals surface area (Å²) < 4.78 is 5.46. The molecule has 1 aliphatic carbocycles. The third kappa shape index (κ3) is 3.32. The van der Waals surface area contributed by atoms with Crippen molar-refractivity contribution >= 4 is 0 Å². The molecule has 2 unspecified atom stereocenters. The molecule has 1 aromatic heterocycles. The molecular formula is C17H23N3O. The second kappa shape index (κ2) is 5.98. The van der Waals surface area contributed by atoms with Gasteiger partial charge >= 0.3 is 0 Å². The Balaban J connectivity index is 1.66. The first-order chi connectivity index (χ1) is 10.2. The number of nitrogens with zero attached hydrogens (tertiary/aromatic N) is 2. The zero-order chi connectivity index (χ0) is 14.7. The number of aryl methyl sites for hydroxylation is 2. The van der Waals surface area contributed by atoms with E-state index in [0.29, 0.717) is 11.8 Å². The summed E-state index contributed by atoms with van der Waals surface area (Å²) in [5.74, 6) is 2.01. The molecule has 2 N–H and O–H groups in total. The number of hydrogen-bond donors (Lipinski definition) is 1. The molecule has 0 aliphatic heterocycles. The molecule has 1 fully saturated rings. The molecule has 4 nitrogen and oxygen atoms in total. The van der Waals surface area contributed by atoms with E-state index in [4.69, 9.17) is 10.3 Å². The molecule has 4 heteroatoms. The molecule has 3 rings (SSSR count). The van der Waals surface area contributed by atoms with Crippen LogP contribution in [0.4, 0.5) is 0 Å². The minimum atomic E-state index is -0.421. The van der Waals surface area contributed by atoms with Gasteiger partial charge in [0.2, 0.25) is 5.89 Å². The summed E-state index contributed by atoms with van der Waals surface area (Å²) in [6.45, 7) is 2.24. The molecule has 1 aliphatic rings. The summed E-state index contributed by atoms with van der Waals surface area (Å²) >= 11 is 0. The van der Waals surface area contributed by atoms with Crippen molar-refractivity contribution < 1.29 is 4.52 Å². The maximum Gasteiger partial charge on any atom is 0.246 e. The van der Waals surface area contributed by atoms with Crippen molar-refractivity contribution in [2.75, 3.05) is 0 Å². The number of hydrogen-bond acceptors (Lipinski definition) is 4. The Labute approximate surface area is 125 Å². The molecule has 1 saturated carbocycles. The van der Waals surface area contributed by atoms with Gasteiger partial charge < -0.3 is 10.3 Å². The van der Waals surface area contributed by atoms with Gasteiger partial charge in [0, 0.05) is 6.42 Å². The van der Waals surface area contributed by atoms with Gasteiger partial charge in [-0.05, 0) is 30.7 Å². The molecule has 0 saturated heterocycles. The van der Waals surface area contributed by atoms with Gasteiger partial charge in [0.1, 0.15) is 0 Å². The Morgan fingerprint density at radius 1 is 1.29 bits per heavy atom. The maximum absolute atomic E-state index is 6.50. The minimum absolute atomic E-state index is 0.421. The first-order valence-electron chi connectivity index (χ1n) is 7.81. The topological polar surface area (TPSA) is 64.9 Å². The zero-order valence-corrected chi connectivity index (χ0v) is 12.6. The van der Waals surface area contributed by atoms with Crippen LogP contribution in [0.1, 0.15) is 49.9 Å². The number of benzene rings is 1. The van der Waals surface area contributed by atoms with Crippen molar-refractivity contribution in [3.8, 4) is 0 Å². The molecule has 1 aromatic carbocycles.